The number of benzene rings is 2. The number of nitrogens with one attached hydrogen (secondary N) is 1. The first kappa shape index (κ1) is 22.1. The van der Waals surface area contributed by atoms with Crippen LogP contribution in [-0.2, 0) is 9.59 Å². The summed E-state index contributed by atoms with van der Waals surface area (Å²) < 4.78 is 1.87. The molecule has 0 atom stereocenters. The van der Waals surface area contributed by atoms with E-state index in [0.717, 1.165) is 35.3 Å². The number of halogens is 1. The number of hydrogen-bond donors (Lipinski definition) is 1. The minimum Gasteiger partial charge on any atom is -0.333 e. The van der Waals surface area contributed by atoms with Crippen LogP contribution in [0, 0.1) is 19.8 Å². The molecular formula is C25H27ClN4O2. The van der Waals surface area contributed by atoms with Gasteiger partial charge in [0, 0.05) is 34.9 Å². The standard InChI is InChI=1S/C25H27ClN4O2/c1-4-29(24(32)19-6-7-19)15-23(31)28-25-27-22(18-8-10-20(26)11-9-18)14-30(25)21-12-5-16(2)17(3)13-21/h5,8-14,19H,4,6-7,15H2,1-3H3,(H,27,28,31). The Labute approximate surface area is 193 Å². The molecular weight excluding hydrogens is 424 g/mol. The number of likely N-dealkylation sites (N-methyl/N-ethyl adjacent to an activating group) is 1. The predicted molar refractivity (Wildman–Crippen MR) is 127 cm³/mol. The molecule has 1 aliphatic rings. The van der Waals surface area contributed by atoms with Crippen molar-refractivity contribution in [1.29, 1.82) is 0 Å². The zero-order valence-electron chi connectivity index (χ0n) is 18.6. The van der Waals surface area contributed by atoms with Gasteiger partial charge in [0.25, 0.3) is 0 Å². The molecule has 1 N–H and O–H groups in total. The molecule has 0 bridgehead atoms. The summed E-state index contributed by atoms with van der Waals surface area (Å²) >= 11 is 6.03. The minimum absolute atomic E-state index is 0.0158. The molecule has 1 fully saturated rings. The lowest BCUT2D eigenvalue weighted by atomic mass is 10.1. The van der Waals surface area contributed by atoms with Crippen molar-refractivity contribution in [2.75, 3.05) is 18.4 Å². The third kappa shape index (κ3) is 4.86. The van der Waals surface area contributed by atoms with E-state index in [0.29, 0.717) is 17.5 Å². The van der Waals surface area contributed by atoms with E-state index in [1.54, 1.807) is 4.90 Å². The van der Waals surface area contributed by atoms with Crippen molar-refractivity contribution in [3.8, 4) is 16.9 Å². The van der Waals surface area contributed by atoms with Crippen LogP contribution >= 0.6 is 11.6 Å². The van der Waals surface area contributed by atoms with Gasteiger partial charge in [-0.05, 0) is 69.0 Å². The van der Waals surface area contributed by atoms with Crippen LogP contribution in [0.15, 0.2) is 48.7 Å². The Morgan fingerprint density at radius 3 is 2.47 bits per heavy atom. The summed E-state index contributed by atoms with van der Waals surface area (Å²) in [7, 11) is 0. The molecule has 166 valence electrons. The van der Waals surface area contributed by atoms with Crippen LogP contribution in [-0.4, -0.2) is 39.4 Å². The van der Waals surface area contributed by atoms with E-state index in [1.165, 1.54) is 5.56 Å². The van der Waals surface area contributed by atoms with Gasteiger partial charge in [0.05, 0.1) is 12.2 Å². The lowest BCUT2D eigenvalue weighted by Gasteiger charge is -2.20. The van der Waals surface area contributed by atoms with E-state index in [1.807, 2.05) is 54.1 Å². The highest BCUT2D eigenvalue weighted by atomic mass is 35.5. The van der Waals surface area contributed by atoms with Crippen LogP contribution in [0.4, 0.5) is 5.95 Å². The number of aromatic nitrogens is 2. The Morgan fingerprint density at radius 1 is 1.12 bits per heavy atom. The lowest BCUT2D eigenvalue weighted by Crippen LogP contribution is -2.39. The van der Waals surface area contributed by atoms with E-state index in [-0.39, 0.29) is 24.3 Å². The van der Waals surface area contributed by atoms with Crippen molar-refractivity contribution in [2.24, 2.45) is 5.92 Å². The molecule has 1 heterocycles. The van der Waals surface area contributed by atoms with Crippen LogP contribution in [0.5, 0.6) is 0 Å². The van der Waals surface area contributed by atoms with Gasteiger partial charge < -0.3 is 4.90 Å². The molecule has 3 aromatic rings. The van der Waals surface area contributed by atoms with Crippen molar-refractivity contribution in [3.63, 3.8) is 0 Å². The van der Waals surface area contributed by atoms with E-state index >= 15 is 0 Å². The monoisotopic (exact) mass is 450 g/mol. The average Bonchev–Trinajstić information content (AvgIpc) is 3.55. The van der Waals surface area contributed by atoms with E-state index < -0.39 is 0 Å². The Kier molecular flexibility index (Phi) is 6.33. The fraction of sp³-hybridized carbons (Fsp3) is 0.320. The van der Waals surface area contributed by atoms with E-state index in [9.17, 15) is 9.59 Å². The normalized spacial score (nSPS) is 13.1. The Hall–Kier alpha value is -3.12. The average molecular weight is 451 g/mol. The molecule has 1 saturated carbocycles. The largest absolute Gasteiger partial charge is 0.333 e. The molecule has 0 aliphatic heterocycles. The lowest BCUT2D eigenvalue weighted by molar-refractivity contribution is -0.135. The number of rotatable bonds is 7. The van der Waals surface area contributed by atoms with Crippen LogP contribution in [0.25, 0.3) is 16.9 Å². The first-order valence-corrected chi connectivity index (χ1v) is 11.2. The summed E-state index contributed by atoms with van der Waals surface area (Å²) in [6.07, 6.45) is 3.73. The number of aryl methyl sites for hydroxylation is 2. The molecule has 6 nitrogen and oxygen atoms in total. The number of nitrogens with zero attached hydrogens (tertiary/aromatic N) is 3. The Balaban J connectivity index is 1.64. The summed E-state index contributed by atoms with van der Waals surface area (Å²) in [5.74, 6) is 0.288. The van der Waals surface area contributed by atoms with Crippen LogP contribution in [0.1, 0.15) is 30.9 Å². The zero-order chi connectivity index (χ0) is 22.8. The summed E-state index contributed by atoms with van der Waals surface area (Å²) in [6, 6.07) is 13.5. The molecule has 0 unspecified atom stereocenters. The van der Waals surface area contributed by atoms with Crippen molar-refractivity contribution >= 4 is 29.4 Å². The Morgan fingerprint density at radius 2 is 1.84 bits per heavy atom. The number of imidazole rings is 1. The molecule has 32 heavy (non-hydrogen) atoms. The minimum atomic E-state index is -0.265. The van der Waals surface area contributed by atoms with Gasteiger partial charge in [-0.25, -0.2) is 4.98 Å². The van der Waals surface area contributed by atoms with E-state index in [2.05, 4.69) is 30.2 Å². The highest BCUT2D eigenvalue weighted by Gasteiger charge is 2.33. The smallest absolute Gasteiger partial charge is 0.246 e. The van der Waals surface area contributed by atoms with E-state index in [4.69, 9.17) is 11.6 Å². The Bertz CT molecular complexity index is 1150. The summed E-state index contributed by atoms with van der Waals surface area (Å²) in [5, 5.41) is 3.57. The number of anilines is 1. The van der Waals surface area contributed by atoms with Crippen molar-refractivity contribution in [2.45, 2.75) is 33.6 Å². The quantitative estimate of drug-likeness (QED) is 0.550. The first-order valence-electron chi connectivity index (χ1n) is 10.9. The van der Waals surface area contributed by atoms with Gasteiger partial charge in [-0.3, -0.25) is 19.5 Å². The van der Waals surface area contributed by atoms with Gasteiger partial charge >= 0.3 is 0 Å². The highest BCUT2D eigenvalue weighted by molar-refractivity contribution is 6.30. The number of hydrogen-bond acceptors (Lipinski definition) is 3. The van der Waals surface area contributed by atoms with Crippen LogP contribution in [0.3, 0.4) is 0 Å². The highest BCUT2D eigenvalue weighted by Crippen LogP contribution is 2.31. The first-order chi connectivity index (χ1) is 15.4. The molecule has 7 heteroatoms. The maximum Gasteiger partial charge on any atom is 0.246 e. The maximum absolute atomic E-state index is 12.8. The van der Waals surface area contributed by atoms with Gasteiger partial charge in [0.1, 0.15) is 0 Å². The third-order valence-electron chi connectivity index (χ3n) is 5.82. The van der Waals surface area contributed by atoms with Gasteiger partial charge in [-0.15, -0.1) is 0 Å². The van der Waals surface area contributed by atoms with Gasteiger partial charge in [-0.1, -0.05) is 29.8 Å². The molecule has 4 rings (SSSR count). The number of carbonyl (C=O) groups is 2. The summed E-state index contributed by atoms with van der Waals surface area (Å²) in [4.78, 5) is 31.6. The van der Waals surface area contributed by atoms with Gasteiger partial charge in [0.2, 0.25) is 17.8 Å². The molecule has 1 aliphatic carbocycles. The van der Waals surface area contributed by atoms with Gasteiger partial charge in [0.15, 0.2) is 0 Å². The maximum atomic E-state index is 12.8. The summed E-state index contributed by atoms with van der Waals surface area (Å²) in [6.45, 7) is 6.52. The summed E-state index contributed by atoms with van der Waals surface area (Å²) in [5.41, 5.74) is 4.85. The zero-order valence-corrected chi connectivity index (χ0v) is 19.3. The molecule has 2 aromatic carbocycles. The molecule has 0 saturated heterocycles. The SMILES string of the molecule is CCN(CC(=O)Nc1nc(-c2ccc(Cl)cc2)cn1-c1ccc(C)c(C)c1)C(=O)C1CC1. The van der Waals surface area contributed by atoms with Crippen molar-refractivity contribution in [3.05, 3.63) is 64.8 Å². The molecule has 0 spiro atoms. The topological polar surface area (TPSA) is 67.2 Å². The van der Waals surface area contributed by atoms with Crippen LogP contribution in [0.2, 0.25) is 5.02 Å². The molecule has 0 radical (unpaired) electrons. The second-order valence-electron chi connectivity index (χ2n) is 8.27. The third-order valence-corrected chi connectivity index (χ3v) is 6.07. The predicted octanol–water partition coefficient (Wildman–Crippen LogP) is 5.01. The van der Waals surface area contributed by atoms with Gasteiger partial charge in [-0.2, -0.15) is 0 Å². The van der Waals surface area contributed by atoms with Crippen molar-refractivity contribution in [1.82, 2.24) is 14.5 Å². The number of carbonyl (C=O) groups excluding carboxylic acids is 2. The van der Waals surface area contributed by atoms with Crippen LogP contribution < -0.4 is 5.32 Å². The second kappa shape index (κ2) is 9.17. The fourth-order valence-electron chi connectivity index (χ4n) is 3.57. The molecule has 1 aromatic heterocycles. The second-order valence-corrected chi connectivity index (χ2v) is 8.71. The van der Waals surface area contributed by atoms with Crippen molar-refractivity contribution < 1.29 is 9.59 Å². The fourth-order valence-corrected chi connectivity index (χ4v) is 3.70. The molecule has 2 amide bonds. The number of amides is 2.